The predicted molar refractivity (Wildman–Crippen MR) is 315 cm³/mol. The van der Waals surface area contributed by atoms with Gasteiger partial charge >= 0.3 is 23.8 Å². The van der Waals surface area contributed by atoms with Crippen LogP contribution in [-0.2, 0) is 75.7 Å². The van der Waals surface area contributed by atoms with Gasteiger partial charge in [0.25, 0.3) is 0 Å². The molecule has 2 aromatic carbocycles. The van der Waals surface area contributed by atoms with Gasteiger partial charge in [-0.15, -0.1) is 10.2 Å². The first kappa shape index (κ1) is 65.7. The third kappa shape index (κ3) is 20.4. The van der Waals surface area contributed by atoms with Gasteiger partial charge < -0.3 is 75.5 Å². The highest BCUT2D eigenvalue weighted by Crippen LogP contribution is 2.30. The van der Waals surface area contributed by atoms with Gasteiger partial charge in [0.1, 0.15) is 30.0 Å². The summed E-state index contributed by atoms with van der Waals surface area (Å²) < 4.78 is 36.7. The number of benzene rings is 2. The lowest BCUT2D eigenvalue weighted by Gasteiger charge is -2.33. The van der Waals surface area contributed by atoms with Crippen molar-refractivity contribution in [3.8, 4) is 6.01 Å². The molecular formula is C57H84N16O13. The number of hydrogen-bond donors (Lipinski definition) is 8. The van der Waals surface area contributed by atoms with E-state index in [1.54, 1.807) is 47.6 Å². The number of imidazole rings is 1. The van der Waals surface area contributed by atoms with E-state index in [-0.39, 0.29) is 75.1 Å². The van der Waals surface area contributed by atoms with Crippen molar-refractivity contribution in [2.45, 2.75) is 117 Å². The molecule has 2 atom stereocenters. The number of unbranched alkanes of at least 4 members (excludes halogenated alkanes) is 1. The number of hydrogen-bond acceptors (Lipinski definition) is 20. The Bertz CT molecular complexity index is 3000. The zero-order valence-corrected chi connectivity index (χ0v) is 49.4. The van der Waals surface area contributed by atoms with Crippen molar-refractivity contribution in [3.05, 3.63) is 87.4 Å². The summed E-state index contributed by atoms with van der Waals surface area (Å²) in [6, 6.07) is 12.4. The molecule has 0 spiro atoms. The summed E-state index contributed by atoms with van der Waals surface area (Å²) in [4.78, 5) is 97.8. The highest BCUT2D eigenvalue weighted by atomic mass is 16.6. The normalized spacial score (nSPS) is 14.4. The number of piperidine rings is 1. The Balaban J connectivity index is 0.810. The number of nitrogens with two attached hydrogens (primary N) is 3. The van der Waals surface area contributed by atoms with E-state index >= 15 is 0 Å². The molecule has 5 heterocycles. The summed E-state index contributed by atoms with van der Waals surface area (Å²) in [5.74, 6) is 5.15. The van der Waals surface area contributed by atoms with Crippen LogP contribution in [0.5, 0.6) is 6.01 Å². The zero-order chi connectivity index (χ0) is 61.2. The Morgan fingerprint density at radius 2 is 1.41 bits per heavy atom. The molecule has 1 fully saturated rings. The van der Waals surface area contributed by atoms with Crippen LogP contribution in [0.3, 0.4) is 0 Å². The maximum absolute atomic E-state index is 13.7. The molecule has 2 aliphatic rings. The van der Waals surface area contributed by atoms with Crippen molar-refractivity contribution < 1.29 is 57.2 Å². The number of aromatic amines is 1. The van der Waals surface area contributed by atoms with Crippen LogP contribution in [0.1, 0.15) is 100.0 Å². The maximum Gasteiger partial charge on any atom is 0.410 e. The second kappa shape index (κ2) is 34.4. The Kier molecular flexibility index (Phi) is 26.3. The molecule has 0 radical (unpaired) electrons. The molecule has 6 amide bonds. The fourth-order valence-corrected chi connectivity index (χ4v) is 9.74. The smallest absolute Gasteiger partial charge is 0.410 e. The Morgan fingerprint density at radius 1 is 0.756 bits per heavy atom. The number of nitrogen functional groups attached to an aromatic ring is 1. The number of likely N-dealkylation sites (tertiary alicyclic amines) is 1. The fraction of sp³-hybridized carbons (Fsp3) is 0.579. The number of ether oxygens (including phenoxy) is 6. The molecule has 29 heteroatoms. The van der Waals surface area contributed by atoms with Gasteiger partial charge in [0.15, 0.2) is 17.3 Å². The van der Waals surface area contributed by atoms with Crippen LogP contribution in [0.4, 0.5) is 21.1 Å². The second-order valence-electron chi connectivity index (χ2n) is 21.3. The second-order valence-corrected chi connectivity index (χ2v) is 21.3. The molecule has 11 N–H and O–H groups in total. The SMILES string of the molecule is CCCCOc1nc(N)c2[nH]c(=O)n(Cc3ccc(CN4CCC(c5nnc6n5CCN(C(=O)OCc5ccc(NC(=O)[C@H](CCCNC(N)=O)NC(=O)[C@@H](NC(=O)CCOCCOCCOCCOCCON)C(C)C)cc5)C6)CC4)cc3)c2n1. The van der Waals surface area contributed by atoms with Crippen molar-refractivity contribution >= 4 is 52.5 Å². The fourth-order valence-electron chi connectivity index (χ4n) is 9.74. The number of nitrogens with zero attached hydrogens (tertiary/aromatic N) is 8. The highest BCUT2D eigenvalue weighted by molar-refractivity contribution is 5.98. The van der Waals surface area contributed by atoms with Crippen LogP contribution in [0.15, 0.2) is 53.3 Å². The highest BCUT2D eigenvalue weighted by Gasteiger charge is 2.32. The first-order valence-electron chi connectivity index (χ1n) is 29.4. The Hall–Kier alpha value is -7.80. The number of nitrogens with one attached hydrogen (secondary N) is 5. The third-order valence-corrected chi connectivity index (χ3v) is 14.5. The zero-order valence-electron chi connectivity index (χ0n) is 49.4. The number of H-pyrrole nitrogens is 1. The van der Waals surface area contributed by atoms with Crippen LogP contribution >= 0.6 is 0 Å². The van der Waals surface area contributed by atoms with Gasteiger partial charge in [0, 0.05) is 44.2 Å². The lowest BCUT2D eigenvalue weighted by molar-refractivity contribution is -0.132. The number of rotatable bonds is 36. The molecule has 1 saturated heterocycles. The van der Waals surface area contributed by atoms with Crippen molar-refractivity contribution in [1.82, 2.24) is 60.0 Å². The minimum atomic E-state index is -1.04. The number of urea groups is 1. The predicted octanol–water partition coefficient (Wildman–Crippen LogP) is 2.41. The summed E-state index contributed by atoms with van der Waals surface area (Å²) in [7, 11) is 0. The van der Waals surface area contributed by atoms with Crippen LogP contribution in [0.25, 0.3) is 11.2 Å². The summed E-state index contributed by atoms with van der Waals surface area (Å²) in [5, 5.41) is 20.0. The molecule has 0 unspecified atom stereocenters. The molecule has 0 aliphatic carbocycles. The van der Waals surface area contributed by atoms with Gasteiger partial charge in [-0.1, -0.05) is 63.6 Å². The van der Waals surface area contributed by atoms with Gasteiger partial charge in [-0.2, -0.15) is 9.97 Å². The van der Waals surface area contributed by atoms with Crippen molar-refractivity contribution in [2.75, 3.05) is 103 Å². The summed E-state index contributed by atoms with van der Waals surface area (Å²) in [6.07, 6.45) is 3.60. The number of carbonyl (C=O) groups excluding carboxylic acids is 5. The number of amides is 6. The first-order chi connectivity index (χ1) is 41.7. The van der Waals surface area contributed by atoms with Gasteiger partial charge in [-0.05, 0) is 79.9 Å². The number of carbonyl (C=O) groups is 5. The maximum atomic E-state index is 13.7. The number of anilines is 2. The molecule has 7 rings (SSSR count). The quantitative estimate of drug-likeness (QED) is 0.0211. The van der Waals surface area contributed by atoms with Crippen LogP contribution in [0.2, 0.25) is 0 Å². The summed E-state index contributed by atoms with van der Waals surface area (Å²) in [5.41, 5.74) is 15.1. The molecular weight excluding hydrogens is 1120 g/mol. The van der Waals surface area contributed by atoms with E-state index in [0.29, 0.717) is 107 Å². The van der Waals surface area contributed by atoms with Gasteiger partial charge in [-0.25, -0.2) is 20.3 Å². The van der Waals surface area contributed by atoms with Crippen molar-refractivity contribution in [3.63, 3.8) is 0 Å². The van der Waals surface area contributed by atoms with E-state index in [1.165, 1.54) is 0 Å². The molecule has 86 heavy (non-hydrogen) atoms. The van der Waals surface area contributed by atoms with E-state index in [4.69, 9.17) is 45.8 Å². The lowest BCUT2D eigenvalue weighted by atomic mass is 9.95. The van der Waals surface area contributed by atoms with E-state index in [2.05, 4.69) is 79.8 Å². The van der Waals surface area contributed by atoms with Gasteiger partial charge in [-0.3, -0.25) is 28.8 Å². The minimum Gasteiger partial charge on any atom is -0.463 e. The number of aromatic nitrogens is 7. The summed E-state index contributed by atoms with van der Waals surface area (Å²) >= 11 is 0. The monoisotopic (exact) mass is 1200 g/mol. The van der Waals surface area contributed by atoms with Crippen LogP contribution < -0.4 is 49.1 Å². The largest absolute Gasteiger partial charge is 0.463 e. The summed E-state index contributed by atoms with van der Waals surface area (Å²) in [6.45, 7) is 13.2. The molecule has 29 nitrogen and oxygen atoms in total. The standard InChI is InChI=1S/C57H84N16O13/c1-4-5-24-84-55-66-49(58)48-51(67-55)73(56(78)65-48)35-40-10-8-39(9-11-40)34-70-20-16-42(17-21-70)50-69-68-45-36-71(22-23-72(45)50)57(79)85-37-41-12-14-43(15-13-41)62-52(75)44(7-6-19-61-54(59)77)63-53(76)47(38(2)3)64-46(74)18-25-80-26-27-81-28-29-82-30-31-83-32-33-86-60/h8-15,38,42,44,47H,4-7,16-37,60H2,1-3H3,(H,62,75)(H,63,76)(H,64,74)(H,65,78)(H2,58,66,67)(H3,59,61,77)/t44-,47-/m0/s1. The lowest BCUT2D eigenvalue weighted by Crippen LogP contribution is -2.54. The third-order valence-electron chi connectivity index (χ3n) is 14.5. The van der Waals surface area contributed by atoms with E-state index < -0.39 is 41.9 Å². The van der Waals surface area contributed by atoms with E-state index in [1.807, 2.05) is 12.1 Å². The average molecular weight is 1200 g/mol. The van der Waals surface area contributed by atoms with Gasteiger partial charge in [0.2, 0.25) is 17.7 Å². The Labute approximate surface area is 499 Å². The number of fused-ring (bicyclic) bond motifs is 2. The van der Waals surface area contributed by atoms with Crippen molar-refractivity contribution in [1.29, 1.82) is 0 Å². The molecule has 470 valence electrons. The number of primary amides is 1. The van der Waals surface area contributed by atoms with Crippen LogP contribution in [-0.4, -0.2) is 178 Å². The minimum absolute atomic E-state index is 0.00684. The topological polar surface area (TPSA) is 377 Å². The Morgan fingerprint density at radius 3 is 2.06 bits per heavy atom. The van der Waals surface area contributed by atoms with E-state index in [0.717, 1.165) is 62.3 Å². The molecule has 5 aromatic rings. The molecule has 3 aromatic heterocycles. The van der Waals surface area contributed by atoms with E-state index in [9.17, 15) is 28.8 Å². The van der Waals surface area contributed by atoms with Crippen LogP contribution in [0, 0.1) is 5.92 Å². The van der Waals surface area contributed by atoms with Gasteiger partial charge in [0.05, 0.1) is 79.2 Å². The van der Waals surface area contributed by atoms with Crippen molar-refractivity contribution in [2.24, 2.45) is 17.5 Å². The molecule has 0 saturated carbocycles. The molecule has 0 bridgehead atoms. The molecule has 2 aliphatic heterocycles. The average Bonchev–Trinajstić information content (AvgIpc) is 2.15. The first-order valence-corrected chi connectivity index (χ1v) is 29.4.